The van der Waals surface area contributed by atoms with Crippen LogP contribution in [0.3, 0.4) is 0 Å². The van der Waals surface area contributed by atoms with E-state index in [2.05, 4.69) is 4.98 Å². The van der Waals surface area contributed by atoms with E-state index in [1.165, 1.54) is 6.20 Å². The predicted molar refractivity (Wildman–Crippen MR) is 89.2 cm³/mol. The largest absolute Gasteiger partial charge is 0.360 e. The molecule has 3 saturated heterocycles. The molecule has 4 heterocycles. The zero-order valence-corrected chi connectivity index (χ0v) is 15.6. The maximum atomic E-state index is 13.1. The number of imidazole rings is 1. The minimum Gasteiger partial charge on any atom is -0.360 e. The molecule has 0 N–H and O–H groups in total. The molecule has 8 nitrogen and oxygen atoms in total. The van der Waals surface area contributed by atoms with Gasteiger partial charge in [-0.2, -0.15) is 4.31 Å². The lowest BCUT2D eigenvalue weighted by molar-refractivity contribution is -0.189. The molecule has 3 fully saturated rings. The molecule has 3 atom stereocenters. The van der Waals surface area contributed by atoms with Crippen LogP contribution in [0, 0.1) is 0 Å². The lowest BCUT2D eigenvalue weighted by atomic mass is 9.85. The first kappa shape index (κ1) is 17.0. The average molecular weight is 368 g/mol. The van der Waals surface area contributed by atoms with E-state index in [1.807, 2.05) is 0 Å². The number of aromatic nitrogens is 2. The number of morpholine rings is 1. The first-order valence-electron chi connectivity index (χ1n) is 8.67. The Morgan fingerprint density at radius 3 is 2.40 bits per heavy atom. The zero-order chi connectivity index (χ0) is 18.0. The number of nitrogens with zero attached hydrogens (tertiary/aromatic N) is 4. The normalized spacial score (nSPS) is 36.4. The fourth-order valence-corrected chi connectivity index (χ4v) is 6.81. The van der Waals surface area contributed by atoms with E-state index < -0.39 is 21.7 Å². The van der Waals surface area contributed by atoms with Gasteiger partial charge in [-0.25, -0.2) is 13.4 Å². The zero-order valence-electron chi connectivity index (χ0n) is 14.8. The van der Waals surface area contributed by atoms with Crippen LogP contribution >= 0.6 is 0 Å². The lowest BCUT2D eigenvalue weighted by Crippen LogP contribution is -2.63. The summed E-state index contributed by atoms with van der Waals surface area (Å²) in [7, 11) is -0.141. The van der Waals surface area contributed by atoms with E-state index in [4.69, 9.17) is 4.74 Å². The van der Waals surface area contributed by atoms with Crippen LogP contribution in [0.2, 0.25) is 0 Å². The molecule has 0 radical (unpaired) electrons. The molecule has 9 heteroatoms. The number of carbonyl (C=O) groups is 1. The van der Waals surface area contributed by atoms with Crippen molar-refractivity contribution in [1.29, 1.82) is 0 Å². The number of sulfonamides is 1. The molecule has 3 unspecified atom stereocenters. The van der Waals surface area contributed by atoms with Gasteiger partial charge in [0, 0.05) is 45.1 Å². The number of carbonyl (C=O) groups excluding carboxylic acids is 1. The van der Waals surface area contributed by atoms with Crippen LogP contribution in [0.25, 0.3) is 0 Å². The Balaban J connectivity index is 1.63. The van der Waals surface area contributed by atoms with Crippen molar-refractivity contribution in [2.24, 2.45) is 7.05 Å². The van der Waals surface area contributed by atoms with Gasteiger partial charge in [0.15, 0.2) is 0 Å². The summed E-state index contributed by atoms with van der Waals surface area (Å²) in [6.45, 7) is 2.30. The van der Waals surface area contributed by atoms with Crippen LogP contribution in [0.1, 0.15) is 32.6 Å². The molecule has 1 aromatic heterocycles. The van der Waals surface area contributed by atoms with Gasteiger partial charge in [0.1, 0.15) is 6.10 Å². The highest BCUT2D eigenvalue weighted by Crippen LogP contribution is 2.46. The fraction of sp³-hybridized carbons (Fsp3) is 0.750. The molecule has 1 aromatic rings. The van der Waals surface area contributed by atoms with E-state index in [-0.39, 0.29) is 23.1 Å². The Kier molecular flexibility index (Phi) is 3.75. The van der Waals surface area contributed by atoms with E-state index in [0.29, 0.717) is 19.4 Å². The smallest absolute Gasteiger partial charge is 0.277 e. The standard InChI is InChI=1S/C16H24N4O4S/c1-11-14(21)19(3)10-16(24-11)8-12-4-5-13(9-16)20(12)25(22,23)15-17-6-7-18(15)2/h6-7,11-13H,4-5,8-10H2,1-3H3. The van der Waals surface area contributed by atoms with Crippen LogP contribution in [0.15, 0.2) is 17.6 Å². The van der Waals surface area contributed by atoms with E-state index in [9.17, 15) is 13.2 Å². The summed E-state index contributed by atoms with van der Waals surface area (Å²) in [6.07, 6.45) is 5.57. The third kappa shape index (κ3) is 2.51. The summed E-state index contributed by atoms with van der Waals surface area (Å²) in [5, 5.41) is 0.0885. The number of fused-ring (bicyclic) bond motifs is 2. The molecule has 3 aliphatic rings. The maximum absolute atomic E-state index is 13.1. The van der Waals surface area contributed by atoms with Crippen LogP contribution in [-0.4, -0.2) is 70.5 Å². The molecular formula is C16H24N4O4S. The molecule has 0 aromatic carbocycles. The van der Waals surface area contributed by atoms with Crippen LogP contribution in [0.5, 0.6) is 0 Å². The molecule has 1 amide bonds. The Labute approximate surface area is 147 Å². The molecule has 2 bridgehead atoms. The Hall–Kier alpha value is -1.45. The van der Waals surface area contributed by atoms with Crippen molar-refractivity contribution in [3.63, 3.8) is 0 Å². The SMILES string of the molecule is CC1OC2(CC3CCC(C2)N3S(=O)(=O)c2nccn2C)CN(C)C1=O. The summed E-state index contributed by atoms with van der Waals surface area (Å²) < 4.78 is 35.5. The third-order valence-electron chi connectivity index (χ3n) is 5.73. The highest BCUT2D eigenvalue weighted by atomic mass is 32.2. The number of rotatable bonds is 2. The highest BCUT2D eigenvalue weighted by Gasteiger charge is 2.56. The number of piperidine rings is 1. The van der Waals surface area contributed by atoms with E-state index >= 15 is 0 Å². The van der Waals surface area contributed by atoms with Gasteiger partial charge in [-0.1, -0.05) is 0 Å². The van der Waals surface area contributed by atoms with Gasteiger partial charge in [-0.15, -0.1) is 0 Å². The fourth-order valence-electron chi connectivity index (χ4n) is 4.86. The first-order chi connectivity index (χ1) is 11.7. The Bertz CT molecular complexity index is 775. The Morgan fingerprint density at radius 2 is 1.88 bits per heavy atom. The molecule has 1 spiro atoms. The molecular weight excluding hydrogens is 344 g/mol. The molecule has 0 saturated carbocycles. The Morgan fingerprint density at radius 1 is 1.24 bits per heavy atom. The molecule has 0 aliphatic carbocycles. The maximum Gasteiger partial charge on any atom is 0.277 e. The quantitative estimate of drug-likeness (QED) is 0.752. The average Bonchev–Trinajstić information content (AvgIpc) is 3.08. The second kappa shape index (κ2) is 5.52. The summed E-state index contributed by atoms with van der Waals surface area (Å²) >= 11 is 0. The topological polar surface area (TPSA) is 84.7 Å². The number of hydrogen-bond acceptors (Lipinski definition) is 5. The number of ether oxygens (including phenoxy) is 1. The second-order valence-electron chi connectivity index (χ2n) is 7.59. The monoisotopic (exact) mass is 368 g/mol. The minimum absolute atomic E-state index is 0.0129. The van der Waals surface area contributed by atoms with Crippen LogP contribution in [-0.2, 0) is 26.6 Å². The van der Waals surface area contributed by atoms with E-state index in [0.717, 1.165) is 12.8 Å². The number of likely N-dealkylation sites (N-methyl/N-ethyl adjacent to an activating group) is 1. The van der Waals surface area contributed by atoms with Crippen molar-refractivity contribution >= 4 is 15.9 Å². The van der Waals surface area contributed by atoms with Gasteiger partial charge in [-0.05, 0) is 32.6 Å². The van der Waals surface area contributed by atoms with Gasteiger partial charge >= 0.3 is 0 Å². The van der Waals surface area contributed by atoms with Crippen molar-refractivity contribution in [3.8, 4) is 0 Å². The van der Waals surface area contributed by atoms with Crippen LogP contribution in [0.4, 0.5) is 0 Å². The van der Waals surface area contributed by atoms with Gasteiger partial charge < -0.3 is 14.2 Å². The summed E-state index contributed by atoms with van der Waals surface area (Å²) in [6, 6.07) is -0.205. The van der Waals surface area contributed by atoms with Gasteiger partial charge in [0.05, 0.1) is 5.60 Å². The molecule has 25 heavy (non-hydrogen) atoms. The van der Waals surface area contributed by atoms with Crippen molar-refractivity contribution in [3.05, 3.63) is 12.4 Å². The van der Waals surface area contributed by atoms with Crippen molar-refractivity contribution in [2.45, 2.75) is 61.6 Å². The predicted octanol–water partition coefficient (Wildman–Crippen LogP) is 0.352. The summed E-state index contributed by atoms with van der Waals surface area (Å²) in [4.78, 5) is 17.8. The van der Waals surface area contributed by atoms with Gasteiger partial charge in [0.25, 0.3) is 15.9 Å². The van der Waals surface area contributed by atoms with Crippen molar-refractivity contribution in [1.82, 2.24) is 18.8 Å². The van der Waals surface area contributed by atoms with Crippen molar-refractivity contribution in [2.75, 3.05) is 13.6 Å². The summed E-state index contributed by atoms with van der Waals surface area (Å²) in [5.74, 6) is -0.0129. The molecule has 3 aliphatic heterocycles. The lowest BCUT2D eigenvalue weighted by Gasteiger charge is -2.50. The minimum atomic E-state index is -3.63. The third-order valence-corrected chi connectivity index (χ3v) is 7.74. The van der Waals surface area contributed by atoms with E-state index in [1.54, 1.807) is 41.0 Å². The first-order valence-corrected chi connectivity index (χ1v) is 10.1. The molecule has 138 valence electrons. The van der Waals surface area contributed by atoms with Crippen LogP contribution < -0.4 is 0 Å². The van der Waals surface area contributed by atoms with Crippen molar-refractivity contribution < 1.29 is 17.9 Å². The van der Waals surface area contributed by atoms with Gasteiger partial charge in [-0.3, -0.25) is 4.79 Å². The number of amides is 1. The molecule has 4 rings (SSSR count). The second-order valence-corrected chi connectivity index (χ2v) is 9.32. The summed E-state index contributed by atoms with van der Waals surface area (Å²) in [5.41, 5.74) is -0.443. The number of hydrogen-bond donors (Lipinski definition) is 0. The highest BCUT2D eigenvalue weighted by molar-refractivity contribution is 7.89. The number of aryl methyl sites for hydroxylation is 1. The van der Waals surface area contributed by atoms with Gasteiger partial charge in [0.2, 0.25) is 5.16 Å².